The van der Waals surface area contributed by atoms with E-state index >= 15 is 0 Å². The molecule has 0 bridgehead atoms. The Kier molecular flexibility index (Phi) is 5.47. The summed E-state index contributed by atoms with van der Waals surface area (Å²) in [7, 11) is -3.58. The van der Waals surface area contributed by atoms with Gasteiger partial charge in [-0.1, -0.05) is 6.07 Å². The lowest BCUT2D eigenvalue weighted by Gasteiger charge is -2.30. The Balaban J connectivity index is 1.51. The standard InChI is InChI=1S/C19H21N3O4S2/c1-2-25-15-7-9-16(10-8-15)28(23,24)22-11-3-5-14(13-22)18-20-21-19(26-18)17-6-4-12-27-17/h4,6-10,12,14H,2-3,5,11,13H2,1H3/t14-/m1/s1. The van der Waals surface area contributed by atoms with Gasteiger partial charge in [-0.2, -0.15) is 4.31 Å². The van der Waals surface area contributed by atoms with Gasteiger partial charge in [-0.25, -0.2) is 8.42 Å². The van der Waals surface area contributed by atoms with E-state index in [9.17, 15) is 8.42 Å². The molecule has 0 N–H and O–H groups in total. The highest BCUT2D eigenvalue weighted by atomic mass is 32.2. The van der Waals surface area contributed by atoms with Gasteiger partial charge in [-0.15, -0.1) is 21.5 Å². The van der Waals surface area contributed by atoms with Crippen LogP contribution in [0.4, 0.5) is 0 Å². The molecule has 0 unspecified atom stereocenters. The van der Waals surface area contributed by atoms with Crippen LogP contribution in [0.25, 0.3) is 10.8 Å². The van der Waals surface area contributed by atoms with Crippen LogP contribution in [0.1, 0.15) is 31.6 Å². The summed E-state index contributed by atoms with van der Waals surface area (Å²) in [6, 6.07) is 10.4. The number of hydrogen-bond acceptors (Lipinski definition) is 7. The molecule has 148 valence electrons. The fraction of sp³-hybridized carbons (Fsp3) is 0.368. The van der Waals surface area contributed by atoms with Gasteiger partial charge in [0.1, 0.15) is 5.75 Å². The fourth-order valence-electron chi connectivity index (χ4n) is 3.29. The molecule has 9 heteroatoms. The topological polar surface area (TPSA) is 85.5 Å². The number of aromatic nitrogens is 2. The molecule has 1 aliphatic heterocycles. The van der Waals surface area contributed by atoms with Crippen molar-refractivity contribution in [1.82, 2.24) is 14.5 Å². The molecule has 0 spiro atoms. The molecule has 1 aliphatic rings. The van der Waals surface area contributed by atoms with Gasteiger partial charge < -0.3 is 9.15 Å². The number of benzene rings is 1. The average molecular weight is 420 g/mol. The second kappa shape index (κ2) is 8.02. The van der Waals surface area contributed by atoms with Crippen molar-refractivity contribution in [3.63, 3.8) is 0 Å². The van der Waals surface area contributed by atoms with E-state index in [0.717, 1.165) is 17.7 Å². The van der Waals surface area contributed by atoms with E-state index in [-0.39, 0.29) is 10.8 Å². The zero-order valence-corrected chi connectivity index (χ0v) is 17.1. The summed E-state index contributed by atoms with van der Waals surface area (Å²) in [4.78, 5) is 1.18. The van der Waals surface area contributed by atoms with E-state index in [1.807, 2.05) is 24.4 Å². The zero-order chi connectivity index (χ0) is 19.6. The predicted octanol–water partition coefficient (Wildman–Crippen LogP) is 3.77. The van der Waals surface area contributed by atoms with Crippen LogP contribution in [0, 0.1) is 0 Å². The normalized spacial score (nSPS) is 18.2. The molecule has 4 rings (SSSR count). The first-order chi connectivity index (χ1) is 13.6. The molecular weight excluding hydrogens is 398 g/mol. The quantitative estimate of drug-likeness (QED) is 0.605. The van der Waals surface area contributed by atoms with E-state index in [4.69, 9.17) is 9.15 Å². The molecule has 0 radical (unpaired) electrons. The van der Waals surface area contributed by atoms with Gasteiger partial charge in [-0.3, -0.25) is 0 Å². The molecule has 28 heavy (non-hydrogen) atoms. The monoisotopic (exact) mass is 419 g/mol. The van der Waals surface area contributed by atoms with Crippen molar-refractivity contribution < 1.29 is 17.6 Å². The highest BCUT2D eigenvalue weighted by Gasteiger charge is 2.33. The van der Waals surface area contributed by atoms with Gasteiger partial charge in [0.15, 0.2) is 0 Å². The third-order valence-electron chi connectivity index (χ3n) is 4.68. The molecule has 2 aromatic heterocycles. The number of thiophene rings is 1. The van der Waals surface area contributed by atoms with Crippen molar-refractivity contribution in [2.75, 3.05) is 19.7 Å². The van der Waals surface area contributed by atoms with Crippen LogP contribution in [-0.2, 0) is 10.0 Å². The molecule has 1 fully saturated rings. The SMILES string of the molecule is CCOc1ccc(S(=O)(=O)N2CCC[C@@H](c3nnc(-c4cccs4)o3)C2)cc1. The average Bonchev–Trinajstić information content (AvgIpc) is 3.41. The second-order valence-corrected chi connectivity index (χ2v) is 9.42. The number of piperidine rings is 1. The van der Waals surface area contributed by atoms with Gasteiger partial charge >= 0.3 is 0 Å². The fourth-order valence-corrected chi connectivity index (χ4v) is 5.45. The van der Waals surface area contributed by atoms with Crippen LogP contribution < -0.4 is 4.74 Å². The molecule has 0 aliphatic carbocycles. The van der Waals surface area contributed by atoms with Gasteiger partial charge in [0.25, 0.3) is 5.89 Å². The Morgan fingerprint density at radius 2 is 2.07 bits per heavy atom. The van der Waals surface area contributed by atoms with E-state index in [2.05, 4.69) is 10.2 Å². The van der Waals surface area contributed by atoms with Crippen molar-refractivity contribution in [3.8, 4) is 16.5 Å². The highest BCUT2D eigenvalue weighted by molar-refractivity contribution is 7.89. The Morgan fingerprint density at radius 3 is 2.79 bits per heavy atom. The van der Waals surface area contributed by atoms with E-state index in [1.165, 1.54) is 15.6 Å². The summed E-state index contributed by atoms with van der Waals surface area (Å²) in [6.45, 7) is 3.25. The first-order valence-electron chi connectivity index (χ1n) is 9.18. The van der Waals surface area contributed by atoms with Crippen LogP contribution in [0.15, 0.2) is 51.1 Å². The predicted molar refractivity (Wildman–Crippen MR) is 106 cm³/mol. The van der Waals surface area contributed by atoms with Crippen molar-refractivity contribution >= 4 is 21.4 Å². The van der Waals surface area contributed by atoms with Crippen molar-refractivity contribution in [3.05, 3.63) is 47.7 Å². The van der Waals surface area contributed by atoms with Crippen molar-refractivity contribution in [2.24, 2.45) is 0 Å². The molecule has 3 aromatic rings. The minimum atomic E-state index is -3.58. The molecule has 1 aromatic carbocycles. The number of ether oxygens (including phenoxy) is 1. The highest BCUT2D eigenvalue weighted by Crippen LogP contribution is 2.32. The maximum atomic E-state index is 13.0. The largest absolute Gasteiger partial charge is 0.494 e. The summed E-state index contributed by atoms with van der Waals surface area (Å²) in [5.41, 5.74) is 0. The van der Waals surface area contributed by atoms with Gasteiger partial charge in [0.05, 0.1) is 22.3 Å². The Bertz CT molecular complexity index is 1010. The van der Waals surface area contributed by atoms with Crippen molar-refractivity contribution in [2.45, 2.75) is 30.6 Å². The minimum Gasteiger partial charge on any atom is -0.494 e. The molecule has 1 atom stereocenters. The Morgan fingerprint density at radius 1 is 1.25 bits per heavy atom. The molecule has 0 saturated carbocycles. The number of sulfonamides is 1. The lowest BCUT2D eigenvalue weighted by atomic mass is 10.00. The number of nitrogens with zero attached hydrogens (tertiary/aromatic N) is 3. The van der Waals surface area contributed by atoms with Crippen LogP contribution in [0.3, 0.4) is 0 Å². The van der Waals surface area contributed by atoms with Crippen LogP contribution in [-0.4, -0.2) is 42.6 Å². The van der Waals surface area contributed by atoms with Gasteiger partial charge in [-0.05, 0) is 55.5 Å². The van der Waals surface area contributed by atoms with Crippen molar-refractivity contribution in [1.29, 1.82) is 0 Å². The minimum absolute atomic E-state index is 0.104. The smallest absolute Gasteiger partial charge is 0.257 e. The third kappa shape index (κ3) is 3.82. The molecule has 7 nitrogen and oxygen atoms in total. The lowest BCUT2D eigenvalue weighted by Crippen LogP contribution is -2.39. The third-order valence-corrected chi connectivity index (χ3v) is 7.42. The van der Waals surface area contributed by atoms with Crippen LogP contribution >= 0.6 is 11.3 Å². The van der Waals surface area contributed by atoms with Gasteiger partial charge in [0, 0.05) is 13.1 Å². The van der Waals surface area contributed by atoms with Gasteiger partial charge in [0.2, 0.25) is 15.9 Å². The summed E-state index contributed by atoms with van der Waals surface area (Å²) < 4.78 is 38.8. The van der Waals surface area contributed by atoms with E-state index < -0.39 is 10.0 Å². The van der Waals surface area contributed by atoms with E-state index in [0.29, 0.717) is 37.2 Å². The molecule has 3 heterocycles. The molecule has 1 saturated heterocycles. The Hall–Kier alpha value is -2.23. The summed E-state index contributed by atoms with van der Waals surface area (Å²) in [6.07, 6.45) is 1.57. The van der Waals surface area contributed by atoms with E-state index in [1.54, 1.807) is 24.3 Å². The maximum Gasteiger partial charge on any atom is 0.257 e. The first kappa shape index (κ1) is 19.1. The number of rotatable bonds is 6. The van der Waals surface area contributed by atoms with Crippen LogP contribution in [0.2, 0.25) is 0 Å². The molecule has 0 amide bonds. The lowest BCUT2D eigenvalue weighted by molar-refractivity contribution is 0.286. The second-order valence-electron chi connectivity index (χ2n) is 6.53. The Labute approximate surface area is 168 Å². The van der Waals surface area contributed by atoms with Crippen LogP contribution in [0.5, 0.6) is 5.75 Å². The number of hydrogen-bond donors (Lipinski definition) is 0. The summed E-state index contributed by atoms with van der Waals surface area (Å²) in [5.74, 6) is 1.53. The molecular formula is C19H21N3O4S2. The summed E-state index contributed by atoms with van der Waals surface area (Å²) >= 11 is 1.53. The first-order valence-corrected chi connectivity index (χ1v) is 11.5. The zero-order valence-electron chi connectivity index (χ0n) is 15.4. The summed E-state index contributed by atoms with van der Waals surface area (Å²) in [5, 5.41) is 10.2. The maximum absolute atomic E-state index is 13.0.